The first kappa shape index (κ1) is 15.9. The monoisotopic (exact) mass is 328 g/mol. The van der Waals surface area contributed by atoms with Crippen molar-refractivity contribution in [3.63, 3.8) is 0 Å². The van der Waals surface area contributed by atoms with Crippen molar-refractivity contribution in [2.75, 3.05) is 6.61 Å². The molecule has 1 N–H and O–H groups in total. The number of H-pyrrole nitrogens is 1. The molecule has 3 nitrogen and oxygen atoms in total. The zero-order valence-electron chi connectivity index (χ0n) is 13.3. The van der Waals surface area contributed by atoms with Gasteiger partial charge in [0.1, 0.15) is 11.6 Å². The molecular formula is C19H21ClN2O. The van der Waals surface area contributed by atoms with E-state index in [1.54, 1.807) is 0 Å². The zero-order chi connectivity index (χ0) is 16.1. The number of benzene rings is 2. The standard InChI is InChI=1S/C19H21ClN2O/c1-2-3-4-7-12-23-18-11-10-14(13-15(18)20)19-21-16-8-5-6-9-17(16)22-19/h5-6,8-11,13H,2-4,7,12H2,1H3,(H,21,22). The van der Waals surface area contributed by atoms with Crippen LogP contribution in [0.1, 0.15) is 32.6 Å². The number of halogens is 1. The molecule has 1 heterocycles. The second kappa shape index (κ2) is 7.51. The average Bonchev–Trinajstić information content (AvgIpc) is 3.00. The van der Waals surface area contributed by atoms with E-state index in [-0.39, 0.29) is 0 Å². The van der Waals surface area contributed by atoms with Crippen molar-refractivity contribution in [3.8, 4) is 17.1 Å². The number of imidazole rings is 1. The Morgan fingerprint density at radius 1 is 1.09 bits per heavy atom. The van der Waals surface area contributed by atoms with Gasteiger partial charge in [-0.1, -0.05) is 49.9 Å². The van der Waals surface area contributed by atoms with Crippen LogP contribution in [0.15, 0.2) is 42.5 Å². The van der Waals surface area contributed by atoms with Crippen LogP contribution >= 0.6 is 11.6 Å². The van der Waals surface area contributed by atoms with Crippen LogP contribution in [0, 0.1) is 0 Å². The molecule has 0 bridgehead atoms. The van der Waals surface area contributed by atoms with E-state index in [1.807, 2.05) is 42.5 Å². The molecule has 0 aliphatic rings. The number of hydrogen-bond donors (Lipinski definition) is 1. The Bertz CT molecular complexity index is 749. The molecule has 1 aromatic heterocycles. The fourth-order valence-corrected chi connectivity index (χ4v) is 2.80. The maximum absolute atomic E-state index is 6.35. The molecule has 3 aromatic rings. The third-order valence-corrected chi connectivity index (χ3v) is 4.15. The van der Waals surface area contributed by atoms with Gasteiger partial charge in [0.25, 0.3) is 0 Å². The fourth-order valence-electron chi connectivity index (χ4n) is 2.57. The SMILES string of the molecule is CCCCCCOc1ccc(-c2nc3ccccc3[nH]2)cc1Cl. The molecule has 0 atom stereocenters. The highest BCUT2D eigenvalue weighted by Crippen LogP contribution is 2.30. The largest absolute Gasteiger partial charge is 0.492 e. The molecule has 0 spiro atoms. The van der Waals surface area contributed by atoms with Crippen LogP contribution in [0.3, 0.4) is 0 Å². The Balaban J connectivity index is 1.71. The first-order chi connectivity index (χ1) is 11.3. The summed E-state index contributed by atoms with van der Waals surface area (Å²) in [6, 6.07) is 13.8. The summed E-state index contributed by atoms with van der Waals surface area (Å²) in [5, 5.41) is 0.624. The summed E-state index contributed by atoms with van der Waals surface area (Å²) in [6.07, 6.45) is 4.75. The normalized spacial score (nSPS) is 11.0. The topological polar surface area (TPSA) is 37.9 Å². The quantitative estimate of drug-likeness (QED) is 0.553. The first-order valence-corrected chi connectivity index (χ1v) is 8.53. The van der Waals surface area contributed by atoms with Crippen LogP contribution in [-0.2, 0) is 0 Å². The molecule has 0 fully saturated rings. The smallest absolute Gasteiger partial charge is 0.138 e. The van der Waals surface area contributed by atoms with Crippen molar-refractivity contribution >= 4 is 22.6 Å². The lowest BCUT2D eigenvalue weighted by molar-refractivity contribution is 0.305. The molecule has 23 heavy (non-hydrogen) atoms. The molecule has 2 aromatic carbocycles. The first-order valence-electron chi connectivity index (χ1n) is 8.15. The van der Waals surface area contributed by atoms with Gasteiger partial charge >= 0.3 is 0 Å². The summed E-state index contributed by atoms with van der Waals surface area (Å²) < 4.78 is 5.77. The van der Waals surface area contributed by atoms with Crippen molar-refractivity contribution in [1.29, 1.82) is 0 Å². The fraction of sp³-hybridized carbons (Fsp3) is 0.316. The van der Waals surface area contributed by atoms with Crippen LogP contribution in [0.2, 0.25) is 5.02 Å². The maximum atomic E-state index is 6.35. The highest BCUT2D eigenvalue weighted by Gasteiger charge is 2.08. The Morgan fingerprint density at radius 3 is 2.74 bits per heavy atom. The molecule has 0 radical (unpaired) electrons. The predicted octanol–water partition coefficient (Wildman–Crippen LogP) is 5.84. The van der Waals surface area contributed by atoms with Gasteiger partial charge < -0.3 is 9.72 Å². The second-order valence-electron chi connectivity index (χ2n) is 5.66. The molecule has 0 aliphatic heterocycles. The number of para-hydroxylation sites is 2. The molecule has 0 unspecified atom stereocenters. The minimum Gasteiger partial charge on any atom is -0.492 e. The van der Waals surface area contributed by atoms with Crippen LogP contribution in [0.4, 0.5) is 0 Å². The number of aromatic amines is 1. The van der Waals surface area contributed by atoms with Gasteiger partial charge in [-0.2, -0.15) is 0 Å². The molecular weight excluding hydrogens is 308 g/mol. The van der Waals surface area contributed by atoms with E-state index in [0.717, 1.165) is 34.6 Å². The lowest BCUT2D eigenvalue weighted by Crippen LogP contribution is -1.98. The van der Waals surface area contributed by atoms with Gasteiger partial charge in [-0.05, 0) is 36.8 Å². The van der Waals surface area contributed by atoms with Crippen molar-refractivity contribution in [3.05, 3.63) is 47.5 Å². The van der Waals surface area contributed by atoms with E-state index in [0.29, 0.717) is 11.6 Å². The third kappa shape index (κ3) is 3.85. The summed E-state index contributed by atoms with van der Waals surface area (Å²) in [5.41, 5.74) is 2.94. The van der Waals surface area contributed by atoms with Crippen LogP contribution in [0.5, 0.6) is 5.75 Å². The summed E-state index contributed by atoms with van der Waals surface area (Å²) in [5.74, 6) is 1.56. The Labute approximate surface area is 141 Å². The van der Waals surface area contributed by atoms with Crippen molar-refractivity contribution in [2.45, 2.75) is 32.6 Å². The molecule has 0 saturated heterocycles. The van der Waals surface area contributed by atoms with Gasteiger partial charge in [0, 0.05) is 5.56 Å². The van der Waals surface area contributed by atoms with E-state index in [1.165, 1.54) is 19.3 Å². The van der Waals surface area contributed by atoms with E-state index in [9.17, 15) is 0 Å². The molecule has 0 aliphatic carbocycles. The molecule has 3 rings (SSSR count). The minimum atomic E-state index is 0.624. The molecule has 0 saturated carbocycles. The van der Waals surface area contributed by atoms with Crippen molar-refractivity contribution in [1.82, 2.24) is 9.97 Å². The number of nitrogens with zero attached hydrogens (tertiary/aromatic N) is 1. The van der Waals surface area contributed by atoms with Crippen LogP contribution in [0.25, 0.3) is 22.4 Å². The molecule has 120 valence electrons. The van der Waals surface area contributed by atoms with Crippen LogP contribution < -0.4 is 4.74 Å². The number of aromatic nitrogens is 2. The predicted molar refractivity (Wildman–Crippen MR) is 96.2 cm³/mol. The summed E-state index contributed by atoms with van der Waals surface area (Å²) in [7, 11) is 0. The Morgan fingerprint density at radius 2 is 1.96 bits per heavy atom. The number of nitrogens with one attached hydrogen (secondary N) is 1. The average molecular weight is 329 g/mol. The third-order valence-electron chi connectivity index (χ3n) is 3.85. The number of hydrogen-bond acceptors (Lipinski definition) is 2. The zero-order valence-corrected chi connectivity index (χ0v) is 14.1. The van der Waals surface area contributed by atoms with Gasteiger partial charge in [0.2, 0.25) is 0 Å². The van der Waals surface area contributed by atoms with E-state index in [4.69, 9.17) is 16.3 Å². The second-order valence-corrected chi connectivity index (χ2v) is 6.06. The highest BCUT2D eigenvalue weighted by atomic mass is 35.5. The van der Waals surface area contributed by atoms with Gasteiger partial charge in [-0.25, -0.2) is 4.98 Å². The van der Waals surface area contributed by atoms with Gasteiger partial charge in [-0.3, -0.25) is 0 Å². The Kier molecular flexibility index (Phi) is 5.19. The molecule has 0 amide bonds. The minimum absolute atomic E-state index is 0.624. The van der Waals surface area contributed by atoms with Gasteiger partial charge in [0.15, 0.2) is 0 Å². The van der Waals surface area contributed by atoms with Crippen molar-refractivity contribution < 1.29 is 4.74 Å². The number of ether oxygens (including phenoxy) is 1. The molecule has 4 heteroatoms. The van der Waals surface area contributed by atoms with Gasteiger partial charge in [-0.15, -0.1) is 0 Å². The lowest BCUT2D eigenvalue weighted by Gasteiger charge is -2.08. The summed E-state index contributed by atoms with van der Waals surface area (Å²) >= 11 is 6.35. The maximum Gasteiger partial charge on any atom is 0.138 e. The number of fused-ring (bicyclic) bond motifs is 1. The van der Waals surface area contributed by atoms with Crippen molar-refractivity contribution in [2.24, 2.45) is 0 Å². The summed E-state index contributed by atoms with van der Waals surface area (Å²) in [6.45, 7) is 2.91. The van der Waals surface area contributed by atoms with E-state index >= 15 is 0 Å². The summed E-state index contributed by atoms with van der Waals surface area (Å²) in [4.78, 5) is 7.91. The number of rotatable bonds is 7. The number of unbranched alkanes of at least 4 members (excludes halogenated alkanes) is 3. The van der Waals surface area contributed by atoms with Gasteiger partial charge in [0.05, 0.1) is 22.7 Å². The Hall–Kier alpha value is -2.00. The van der Waals surface area contributed by atoms with E-state index in [2.05, 4.69) is 16.9 Å². The lowest BCUT2D eigenvalue weighted by atomic mass is 10.2. The highest BCUT2D eigenvalue weighted by molar-refractivity contribution is 6.32. The van der Waals surface area contributed by atoms with E-state index < -0.39 is 0 Å². The van der Waals surface area contributed by atoms with Crippen LogP contribution in [-0.4, -0.2) is 16.6 Å².